The van der Waals surface area contributed by atoms with Crippen molar-refractivity contribution >= 4 is 16.3 Å². The van der Waals surface area contributed by atoms with E-state index in [4.69, 9.17) is 4.74 Å². The average Bonchev–Trinajstić information content (AvgIpc) is 3.28. The molecule has 0 saturated carbocycles. The minimum atomic E-state index is 0.0124. The molecule has 8 heteroatoms. The number of benzene rings is 1. The van der Waals surface area contributed by atoms with E-state index in [2.05, 4.69) is 46.3 Å². The lowest BCUT2D eigenvalue weighted by Crippen LogP contribution is -2.11. The summed E-state index contributed by atoms with van der Waals surface area (Å²) in [5.41, 5.74) is 2.84. The molecule has 1 N–H and O–H groups in total. The SMILES string of the molecule is COc1ccc(-c2nnc3sc(-c4cc(C(C)(C)C)[nH]n4)nn23)cc1. The van der Waals surface area contributed by atoms with Crippen molar-refractivity contribution in [3.63, 3.8) is 0 Å². The van der Waals surface area contributed by atoms with E-state index >= 15 is 0 Å². The Labute approximate surface area is 148 Å². The van der Waals surface area contributed by atoms with Crippen molar-refractivity contribution in [2.24, 2.45) is 0 Å². The highest BCUT2D eigenvalue weighted by Crippen LogP contribution is 2.30. The molecule has 7 nitrogen and oxygen atoms in total. The van der Waals surface area contributed by atoms with Crippen LogP contribution in [0.2, 0.25) is 0 Å². The molecule has 0 radical (unpaired) electrons. The number of aromatic nitrogens is 6. The van der Waals surface area contributed by atoms with Gasteiger partial charge in [0.2, 0.25) is 4.96 Å². The van der Waals surface area contributed by atoms with Crippen LogP contribution in [-0.2, 0) is 5.41 Å². The Bertz CT molecular complexity index is 1020. The van der Waals surface area contributed by atoms with Gasteiger partial charge in [0, 0.05) is 16.7 Å². The summed E-state index contributed by atoms with van der Waals surface area (Å²) in [5.74, 6) is 1.50. The van der Waals surface area contributed by atoms with E-state index in [1.807, 2.05) is 30.3 Å². The van der Waals surface area contributed by atoms with E-state index in [0.717, 1.165) is 32.7 Å². The van der Waals surface area contributed by atoms with Gasteiger partial charge in [-0.1, -0.05) is 32.1 Å². The highest BCUT2D eigenvalue weighted by Gasteiger charge is 2.20. The fourth-order valence-corrected chi connectivity index (χ4v) is 3.26. The molecular weight excluding hydrogens is 336 g/mol. The zero-order chi connectivity index (χ0) is 17.6. The molecule has 4 rings (SSSR count). The van der Waals surface area contributed by atoms with Gasteiger partial charge in [-0.2, -0.15) is 14.7 Å². The molecule has 0 amide bonds. The molecule has 0 aliphatic heterocycles. The van der Waals surface area contributed by atoms with Gasteiger partial charge in [-0.15, -0.1) is 10.2 Å². The predicted molar refractivity (Wildman–Crippen MR) is 96.9 cm³/mol. The lowest BCUT2D eigenvalue weighted by Gasteiger charge is -2.14. The number of rotatable bonds is 3. The molecule has 3 heterocycles. The summed E-state index contributed by atoms with van der Waals surface area (Å²) in [7, 11) is 1.65. The van der Waals surface area contributed by atoms with Gasteiger partial charge in [-0.3, -0.25) is 5.10 Å². The summed E-state index contributed by atoms with van der Waals surface area (Å²) in [5, 5.41) is 21.5. The largest absolute Gasteiger partial charge is 0.497 e. The van der Waals surface area contributed by atoms with Crippen LogP contribution in [0.4, 0.5) is 0 Å². The van der Waals surface area contributed by atoms with Crippen molar-refractivity contribution in [3.8, 4) is 27.8 Å². The van der Waals surface area contributed by atoms with Crippen molar-refractivity contribution in [1.29, 1.82) is 0 Å². The van der Waals surface area contributed by atoms with Crippen molar-refractivity contribution in [3.05, 3.63) is 36.0 Å². The molecule has 0 bridgehead atoms. The molecule has 0 aliphatic carbocycles. The third-order valence-electron chi connectivity index (χ3n) is 3.94. The van der Waals surface area contributed by atoms with Crippen LogP contribution in [0, 0.1) is 0 Å². The molecule has 3 aromatic heterocycles. The van der Waals surface area contributed by atoms with Crippen LogP contribution in [0.15, 0.2) is 30.3 Å². The van der Waals surface area contributed by atoms with Crippen LogP contribution >= 0.6 is 11.3 Å². The molecule has 0 aliphatic rings. The van der Waals surface area contributed by atoms with Crippen LogP contribution in [0.1, 0.15) is 26.5 Å². The van der Waals surface area contributed by atoms with Gasteiger partial charge in [0.15, 0.2) is 10.8 Å². The lowest BCUT2D eigenvalue weighted by atomic mass is 9.92. The van der Waals surface area contributed by atoms with E-state index in [1.165, 1.54) is 11.3 Å². The van der Waals surface area contributed by atoms with Crippen molar-refractivity contribution in [1.82, 2.24) is 30.0 Å². The smallest absolute Gasteiger partial charge is 0.235 e. The summed E-state index contributed by atoms with van der Waals surface area (Å²) in [6.45, 7) is 6.43. The molecular formula is C17H18N6OS. The summed E-state index contributed by atoms with van der Waals surface area (Å²) in [6.07, 6.45) is 0. The number of H-pyrrole nitrogens is 1. The van der Waals surface area contributed by atoms with Crippen LogP contribution < -0.4 is 4.74 Å². The molecule has 128 valence electrons. The van der Waals surface area contributed by atoms with Gasteiger partial charge in [0.25, 0.3) is 0 Å². The van der Waals surface area contributed by atoms with Gasteiger partial charge in [0.05, 0.1) is 7.11 Å². The first-order chi connectivity index (χ1) is 12.0. The van der Waals surface area contributed by atoms with E-state index in [1.54, 1.807) is 11.6 Å². The average molecular weight is 354 g/mol. The molecule has 0 saturated heterocycles. The second kappa shape index (κ2) is 5.66. The molecule has 25 heavy (non-hydrogen) atoms. The summed E-state index contributed by atoms with van der Waals surface area (Å²) in [6, 6.07) is 9.72. The Balaban J connectivity index is 1.74. The first kappa shape index (κ1) is 15.8. The van der Waals surface area contributed by atoms with Crippen LogP contribution in [0.25, 0.3) is 27.1 Å². The topological polar surface area (TPSA) is 81.0 Å². The highest BCUT2D eigenvalue weighted by atomic mass is 32.1. The van der Waals surface area contributed by atoms with Gasteiger partial charge in [-0.25, -0.2) is 0 Å². The predicted octanol–water partition coefficient (Wildman–Crippen LogP) is 3.55. The molecule has 1 aromatic carbocycles. The summed E-state index contributed by atoms with van der Waals surface area (Å²) in [4.78, 5) is 0.737. The monoisotopic (exact) mass is 354 g/mol. The third-order valence-corrected chi connectivity index (χ3v) is 4.87. The highest BCUT2D eigenvalue weighted by molar-refractivity contribution is 7.19. The number of methoxy groups -OCH3 is 1. The van der Waals surface area contributed by atoms with Crippen molar-refractivity contribution in [2.75, 3.05) is 7.11 Å². The standard InChI is InChI=1S/C17H18N6OS/c1-17(2,3)13-9-12(18-19-13)15-22-23-14(20-21-16(23)25-15)10-5-7-11(24-4)8-6-10/h5-9H,1-4H3,(H,18,19). The number of nitrogens with zero attached hydrogens (tertiary/aromatic N) is 5. The second-order valence-electron chi connectivity index (χ2n) is 6.77. The normalized spacial score (nSPS) is 12.0. The van der Waals surface area contributed by atoms with Gasteiger partial charge in [-0.05, 0) is 30.3 Å². The maximum absolute atomic E-state index is 5.20. The number of fused-ring (bicyclic) bond motifs is 1. The van der Waals surface area contributed by atoms with E-state index in [-0.39, 0.29) is 5.41 Å². The van der Waals surface area contributed by atoms with Crippen molar-refractivity contribution in [2.45, 2.75) is 26.2 Å². The quantitative estimate of drug-likeness (QED) is 0.608. The summed E-state index contributed by atoms with van der Waals surface area (Å²) >= 11 is 1.47. The molecule has 0 atom stereocenters. The first-order valence-corrected chi connectivity index (χ1v) is 8.70. The minimum Gasteiger partial charge on any atom is -0.497 e. The molecule has 4 aromatic rings. The molecule has 0 spiro atoms. The Morgan fingerprint density at radius 3 is 2.52 bits per heavy atom. The Morgan fingerprint density at radius 2 is 1.88 bits per heavy atom. The van der Waals surface area contributed by atoms with Gasteiger partial charge in [0.1, 0.15) is 11.4 Å². The maximum Gasteiger partial charge on any atom is 0.235 e. The maximum atomic E-state index is 5.20. The number of hydrogen-bond acceptors (Lipinski definition) is 6. The number of nitrogens with one attached hydrogen (secondary N) is 1. The van der Waals surface area contributed by atoms with Crippen LogP contribution in [0.5, 0.6) is 5.75 Å². The van der Waals surface area contributed by atoms with Gasteiger partial charge >= 0.3 is 0 Å². The zero-order valence-corrected chi connectivity index (χ0v) is 15.3. The number of ether oxygens (including phenoxy) is 1. The van der Waals surface area contributed by atoms with Crippen LogP contribution in [-0.4, -0.2) is 37.1 Å². The molecule has 0 fully saturated rings. The Morgan fingerprint density at radius 1 is 1.12 bits per heavy atom. The number of aromatic amines is 1. The lowest BCUT2D eigenvalue weighted by molar-refractivity contribution is 0.415. The Kier molecular flexibility index (Phi) is 3.57. The second-order valence-corrected chi connectivity index (χ2v) is 7.73. The molecule has 0 unspecified atom stereocenters. The van der Waals surface area contributed by atoms with Crippen molar-refractivity contribution < 1.29 is 4.74 Å². The van der Waals surface area contributed by atoms with Gasteiger partial charge < -0.3 is 4.74 Å². The Hall–Kier alpha value is -2.74. The fraction of sp³-hybridized carbons (Fsp3) is 0.294. The number of hydrogen-bond donors (Lipinski definition) is 1. The minimum absolute atomic E-state index is 0.0124. The summed E-state index contributed by atoms with van der Waals surface area (Å²) < 4.78 is 6.95. The van der Waals surface area contributed by atoms with E-state index in [0.29, 0.717) is 5.82 Å². The van der Waals surface area contributed by atoms with Crippen LogP contribution in [0.3, 0.4) is 0 Å². The van der Waals surface area contributed by atoms with E-state index in [9.17, 15) is 0 Å². The third kappa shape index (κ3) is 2.78. The zero-order valence-electron chi connectivity index (χ0n) is 14.4. The first-order valence-electron chi connectivity index (χ1n) is 7.88. The van der Waals surface area contributed by atoms with E-state index < -0.39 is 0 Å². The fourth-order valence-electron chi connectivity index (χ4n) is 2.46.